The Hall–Kier alpha value is -3.01. The van der Waals surface area contributed by atoms with Crippen molar-refractivity contribution in [1.82, 2.24) is 9.88 Å². The molecular formula is C20H18F3N3O. The Morgan fingerprint density at radius 2 is 1.78 bits per heavy atom. The van der Waals surface area contributed by atoms with E-state index in [0.29, 0.717) is 26.2 Å². The topological polar surface area (TPSA) is 36.4 Å². The van der Waals surface area contributed by atoms with Crippen LogP contribution in [0.4, 0.5) is 19.0 Å². The van der Waals surface area contributed by atoms with E-state index in [1.54, 1.807) is 13.1 Å². The van der Waals surface area contributed by atoms with Crippen molar-refractivity contribution < 1.29 is 18.0 Å². The highest BCUT2D eigenvalue weighted by molar-refractivity contribution is 5.96. The van der Waals surface area contributed by atoms with E-state index < -0.39 is 17.6 Å². The summed E-state index contributed by atoms with van der Waals surface area (Å²) in [5.74, 6) is 5.89. The van der Waals surface area contributed by atoms with Gasteiger partial charge in [0.15, 0.2) is 0 Å². The third-order valence-electron chi connectivity index (χ3n) is 4.37. The zero-order chi connectivity index (χ0) is 19.4. The first-order chi connectivity index (χ1) is 12.9. The van der Waals surface area contributed by atoms with Gasteiger partial charge < -0.3 is 9.80 Å². The van der Waals surface area contributed by atoms with E-state index in [1.807, 2.05) is 17.0 Å². The second kappa shape index (κ2) is 7.70. The molecule has 0 radical (unpaired) electrons. The number of rotatable bonds is 2. The maximum Gasteiger partial charge on any atom is 0.417 e. The van der Waals surface area contributed by atoms with E-state index in [1.165, 1.54) is 23.1 Å². The molecule has 7 heteroatoms. The number of pyridine rings is 1. The number of carbonyl (C=O) groups is 1. The van der Waals surface area contributed by atoms with Gasteiger partial charge in [0.25, 0.3) is 5.91 Å². The minimum Gasteiger partial charge on any atom is -0.353 e. The monoisotopic (exact) mass is 373 g/mol. The maximum absolute atomic E-state index is 13.1. The number of carbonyl (C=O) groups excluding carboxylic acids is 1. The third kappa shape index (κ3) is 4.22. The van der Waals surface area contributed by atoms with E-state index in [0.717, 1.165) is 17.4 Å². The summed E-state index contributed by atoms with van der Waals surface area (Å²) in [6.45, 7) is 3.44. The molecule has 0 unspecified atom stereocenters. The first-order valence-corrected chi connectivity index (χ1v) is 8.49. The van der Waals surface area contributed by atoms with Crippen LogP contribution in [0.3, 0.4) is 0 Å². The van der Waals surface area contributed by atoms with Crippen molar-refractivity contribution in [2.24, 2.45) is 0 Å². The molecule has 1 aromatic carbocycles. The summed E-state index contributed by atoms with van der Waals surface area (Å²) in [5.41, 5.74) is -0.385. The summed E-state index contributed by atoms with van der Waals surface area (Å²) in [6, 6.07) is 8.63. The Balaban J connectivity index is 1.69. The molecule has 0 bridgehead atoms. The second-order valence-corrected chi connectivity index (χ2v) is 6.10. The highest BCUT2D eigenvalue weighted by atomic mass is 19.4. The summed E-state index contributed by atoms with van der Waals surface area (Å²) >= 11 is 0. The van der Waals surface area contributed by atoms with Gasteiger partial charge in [-0.15, -0.1) is 5.92 Å². The lowest BCUT2D eigenvalue weighted by molar-refractivity contribution is -0.138. The Bertz CT molecular complexity index is 874. The lowest BCUT2D eigenvalue weighted by atomic mass is 10.1. The number of piperazine rings is 1. The quantitative estimate of drug-likeness (QED) is 0.757. The van der Waals surface area contributed by atoms with Gasteiger partial charge in [0.1, 0.15) is 5.82 Å². The standard InChI is InChI=1S/C20H18F3N3O/c1-2-5-15-8-9-18(24-14-15)25-10-12-26(13-11-25)19(27)16-6-3-4-7-17(16)20(21,22)23/h3-4,6-9,14H,10-13H2,1H3. The molecule has 1 fully saturated rings. The summed E-state index contributed by atoms with van der Waals surface area (Å²) in [7, 11) is 0. The van der Waals surface area contributed by atoms with Gasteiger partial charge in [-0.3, -0.25) is 4.79 Å². The van der Waals surface area contributed by atoms with Crippen molar-refractivity contribution in [2.75, 3.05) is 31.1 Å². The van der Waals surface area contributed by atoms with Gasteiger partial charge in [0.05, 0.1) is 11.1 Å². The molecule has 3 rings (SSSR count). The first kappa shape index (κ1) is 18.8. The van der Waals surface area contributed by atoms with Gasteiger partial charge in [-0.05, 0) is 31.2 Å². The predicted molar refractivity (Wildman–Crippen MR) is 96.3 cm³/mol. The van der Waals surface area contributed by atoms with E-state index in [-0.39, 0.29) is 5.56 Å². The number of benzene rings is 1. The van der Waals surface area contributed by atoms with E-state index in [9.17, 15) is 18.0 Å². The van der Waals surface area contributed by atoms with Crippen molar-refractivity contribution >= 4 is 11.7 Å². The zero-order valence-electron chi connectivity index (χ0n) is 14.8. The van der Waals surface area contributed by atoms with Gasteiger partial charge in [0, 0.05) is 37.9 Å². The lowest BCUT2D eigenvalue weighted by Crippen LogP contribution is -2.49. The Labute approximate surface area is 155 Å². The van der Waals surface area contributed by atoms with Gasteiger partial charge in [-0.25, -0.2) is 4.98 Å². The van der Waals surface area contributed by atoms with Crippen molar-refractivity contribution in [2.45, 2.75) is 13.1 Å². The van der Waals surface area contributed by atoms with Crippen LogP contribution in [0.5, 0.6) is 0 Å². The van der Waals surface area contributed by atoms with Crippen LogP contribution >= 0.6 is 0 Å². The molecule has 2 aromatic rings. The Morgan fingerprint density at radius 1 is 1.07 bits per heavy atom. The number of alkyl halides is 3. The van der Waals surface area contributed by atoms with Crippen LogP contribution in [0, 0.1) is 11.8 Å². The SMILES string of the molecule is CC#Cc1ccc(N2CCN(C(=O)c3ccccc3C(F)(F)F)CC2)nc1. The van der Waals surface area contributed by atoms with Crippen molar-refractivity contribution in [1.29, 1.82) is 0 Å². The predicted octanol–water partition coefficient (Wildman–Crippen LogP) is 3.43. The van der Waals surface area contributed by atoms with Crippen LogP contribution in [0.25, 0.3) is 0 Å². The molecule has 0 aliphatic carbocycles. The van der Waals surface area contributed by atoms with E-state index in [4.69, 9.17) is 0 Å². The van der Waals surface area contributed by atoms with Crippen LogP contribution in [-0.2, 0) is 6.18 Å². The number of aromatic nitrogens is 1. The molecule has 0 saturated carbocycles. The van der Waals surface area contributed by atoms with E-state index in [2.05, 4.69) is 16.8 Å². The summed E-state index contributed by atoms with van der Waals surface area (Å²) in [4.78, 5) is 20.4. The molecule has 1 aromatic heterocycles. The highest BCUT2D eigenvalue weighted by Gasteiger charge is 2.36. The summed E-state index contributed by atoms with van der Waals surface area (Å²) in [5, 5.41) is 0. The van der Waals surface area contributed by atoms with Gasteiger partial charge in [-0.2, -0.15) is 13.2 Å². The average Bonchev–Trinajstić information content (AvgIpc) is 2.68. The molecule has 1 amide bonds. The molecule has 1 aliphatic rings. The highest BCUT2D eigenvalue weighted by Crippen LogP contribution is 2.32. The van der Waals surface area contributed by atoms with Gasteiger partial charge >= 0.3 is 6.18 Å². The molecule has 0 spiro atoms. The minimum atomic E-state index is -4.55. The fourth-order valence-electron chi connectivity index (χ4n) is 3.02. The second-order valence-electron chi connectivity index (χ2n) is 6.10. The van der Waals surface area contributed by atoms with Crippen LogP contribution in [0.1, 0.15) is 28.4 Å². The lowest BCUT2D eigenvalue weighted by Gasteiger charge is -2.35. The molecule has 1 saturated heterocycles. The number of anilines is 1. The van der Waals surface area contributed by atoms with Crippen LogP contribution in [0.2, 0.25) is 0 Å². The number of hydrogen-bond donors (Lipinski definition) is 0. The molecule has 27 heavy (non-hydrogen) atoms. The fraction of sp³-hybridized carbons (Fsp3) is 0.300. The average molecular weight is 373 g/mol. The molecule has 4 nitrogen and oxygen atoms in total. The molecule has 1 aliphatic heterocycles. The van der Waals surface area contributed by atoms with Crippen molar-refractivity contribution in [3.8, 4) is 11.8 Å². The van der Waals surface area contributed by atoms with Crippen molar-refractivity contribution in [3.63, 3.8) is 0 Å². The Morgan fingerprint density at radius 3 is 2.37 bits per heavy atom. The maximum atomic E-state index is 13.1. The van der Waals surface area contributed by atoms with Crippen LogP contribution in [-0.4, -0.2) is 42.0 Å². The molecular weight excluding hydrogens is 355 g/mol. The Kier molecular flexibility index (Phi) is 5.36. The molecule has 0 N–H and O–H groups in total. The first-order valence-electron chi connectivity index (χ1n) is 8.49. The minimum absolute atomic E-state index is 0.306. The number of nitrogens with zero attached hydrogens (tertiary/aromatic N) is 3. The summed E-state index contributed by atoms with van der Waals surface area (Å²) in [6.07, 6.45) is -2.87. The smallest absolute Gasteiger partial charge is 0.353 e. The van der Waals surface area contributed by atoms with Gasteiger partial charge in [0.2, 0.25) is 0 Å². The number of amides is 1. The van der Waals surface area contributed by atoms with Crippen LogP contribution in [0.15, 0.2) is 42.6 Å². The number of hydrogen-bond acceptors (Lipinski definition) is 3. The molecule has 140 valence electrons. The third-order valence-corrected chi connectivity index (χ3v) is 4.37. The zero-order valence-corrected chi connectivity index (χ0v) is 14.8. The normalized spacial score (nSPS) is 14.5. The largest absolute Gasteiger partial charge is 0.417 e. The van der Waals surface area contributed by atoms with Crippen molar-refractivity contribution in [3.05, 3.63) is 59.3 Å². The van der Waals surface area contributed by atoms with E-state index >= 15 is 0 Å². The summed E-state index contributed by atoms with van der Waals surface area (Å²) < 4.78 is 39.4. The van der Waals surface area contributed by atoms with Gasteiger partial charge in [-0.1, -0.05) is 18.1 Å². The number of halogens is 3. The molecule has 2 heterocycles. The molecule has 0 atom stereocenters. The van der Waals surface area contributed by atoms with Crippen LogP contribution < -0.4 is 4.90 Å². The fourth-order valence-corrected chi connectivity index (χ4v) is 3.02.